The largest absolute Gasteiger partial charge is 0.480 e. The fourth-order valence-corrected chi connectivity index (χ4v) is 3.78. The van der Waals surface area contributed by atoms with E-state index in [1.165, 1.54) is 0 Å². The molecule has 0 aromatic carbocycles. The minimum Gasteiger partial charge on any atom is -0.480 e. The summed E-state index contributed by atoms with van der Waals surface area (Å²) in [6.07, 6.45) is 6.66. The second-order valence-electron chi connectivity index (χ2n) is 6.57. The molecular formula is C16H30N2O3. The number of hydrogen-bond acceptors (Lipinski definition) is 4. The van der Waals surface area contributed by atoms with Gasteiger partial charge < -0.3 is 20.1 Å². The predicted octanol–water partition coefficient (Wildman–Crippen LogP) is 1.86. The average Bonchev–Trinajstić information content (AvgIpc) is 2.53. The van der Waals surface area contributed by atoms with Crippen molar-refractivity contribution >= 4 is 5.97 Å². The standard InChI is InChI=1S/C16H30N2O3/c1-3-9-17-16(15(19)20)8-4-5-14(12-16)18(2)13-6-10-21-11-7-13/h13-14,17H,3-12H2,1-2H3,(H,19,20). The Morgan fingerprint density at radius 2 is 2.05 bits per heavy atom. The fourth-order valence-electron chi connectivity index (χ4n) is 3.78. The summed E-state index contributed by atoms with van der Waals surface area (Å²) in [6, 6.07) is 0.904. The maximum absolute atomic E-state index is 11.8. The third kappa shape index (κ3) is 3.96. The molecule has 2 rings (SSSR count). The van der Waals surface area contributed by atoms with Crippen LogP contribution in [0.3, 0.4) is 0 Å². The second-order valence-corrected chi connectivity index (χ2v) is 6.57. The molecule has 1 aliphatic heterocycles. The van der Waals surface area contributed by atoms with Crippen molar-refractivity contribution in [2.24, 2.45) is 0 Å². The van der Waals surface area contributed by atoms with Gasteiger partial charge in [0, 0.05) is 25.3 Å². The van der Waals surface area contributed by atoms with Crippen LogP contribution in [0.1, 0.15) is 51.9 Å². The predicted molar refractivity (Wildman–Crippen MR) is 82.5 cm³/mol. The Labute approximate surface area is 128 Å². The third-order valence-electron chi connectivity index (χ3n) is 5.19. The van der Waals surface area contributed by atoms with Crippen LogP contribution < -0.4 is 5.32 Å². The van der Waals surface area contributed by atoms with Gasteiger partial charge in [0.1, 0.15) is 5.54 Å². The molecule has 1 saturated heterocycles. The van der Waals surface area contributed by atoms with Crippen molar-refractivity contribution in [3.8, 4) is 0 Å². The summed E-state index contributed by atoms with van der Waals surface area (Å²) in [7, 11) is 2.17. The molecule has 2 fully saturated rings. The Bertz CT molecular complexity index is 344. The molecular weight excluding hydrogens is 268 g/mol. The van der Waals surface area contributed by atoms with Crippen LogP contribution in [0, 0.1) is 0 Å². The van der Waals surface area contributed by atoms with Gasteiger partial charge in [0.05, 0.1) is 0 Å². The number of ether oxygens (including phenoxy) is 1. The average molecular weight is 298 g/mol. The van der Waals surface area contributed by atoms with Gasteiger partial charge in [-0.2, -0.15) is 0 Å². The number of aliphatic carboxylic acids is 1. The van der Waals surface area contributed by atoms with Gasteiger partial charge in [0.15, 0.2) is 0 Å². The number of hydrogen-bond donors (Lipinski definition) is 2. The van der Waals surface area contributed by atoms with Crippen LogP contribution in [0.4, 0.5) is 0 Å². The van der Waals surface area contributed by atoms with Gasteiger partial charge in [0.25, 0.3) is 0 Å². The summed E-state index contributed by atoms with van der Waals surface area (Å²) in [6.45, 7) is 4.52. The van der Waals surface area contributed by atoms with Crippen molar-refractivity contribution in [3.05, 3.63) is 0 Å². The molecule has 0 aromatic heterocycles. The summed E-state index contributed by atoms with van der Waals surface area (Å²) >= 11 is 0. The molecule has 0 bridgehead atoms. The lowest BCUT2D eigenvalue weighted by atomic mass is 9.77. The van der Waals surface area contributed by atoms with Crippen LogP contribution in [-0.4, -0.2) is 60.4 Å². The van der Waals surface area contributed by atoms with Crippen LogP contribution >= 0.6 is 0 Å². The Morgan fingerprint density at radius 1 is 1.33 bits per heavy atom. The lowest BCUT2D eigenvalue weighted by Gasteiger charge is -2.45. The molecule has 1 aliphatic carbocycles. The molecule has 1 heterocycles. The lowest BCUT2D eigenvalue weighted by Crippen LogP contribution is -2.59. The van der Waals surface area contributed by atoms with Crippen molar-refractivity contribution < 1.29 is 14.6 Å². The normalized spacial score (nSPS) is 31.5. The number of carboxylic acids is 1. The summed E-state index contributed by atoms with van der Waals surface area (Å²) in [5.41, 5.74) is -0.724. The van der Waals surface area contributed by atoms with E-state index < -0.39 is 11.5 Å². The Balaban J connectivity index is 2.01. The van der Waals surface area contributed by atoms with E-state index in [-0.39, 0.29) is 0 Å². The molecule has 0 radical (unpaired) electrons. The van der Waals surface area contributed by atoms with Crippen LogP contribution in [0.15, 0.2) is 0 Å². The summed E-state index contributed by atoms with van der Waals surface area (Å²) in [4.78, 5) is 14.2. The van der Waals surface area contributed by atoms with Gasteiger partial charge in [0.2, 0.25) is 0 Å². The van der Waals surface area contributed by atoms with E-state index in [1.54, 1.807) is 0 Å². The van der Waals surface area contributed by atoms with E-state index in [1.807, 2.05) is 0 Å². The Morgan fingerprint density at radius 3 is 2.67 bits per heavy atom. The Hall–Kier alpha value is -0.650. The van der Waals surface area contributed by atoms with Crippen molar-refractivity contribution in [2.75, 3.05) is 26.8 Å². The first-order chi connectivity index (χ1) is 10.1. The highest BCUT2D eigenvalue weighted by atomic mass is 16.5. The van der Waals surface area contributed by atoms with E-state index in [2.05, 4.69) is 24.2 Å². The highest BCUT2D eigenvalue weighted by Gasteiger charge is 2.44. The summed E-state index contributed by atoms with van der Waals surface area (Å²) in [5, 5.41) is 13.0. The molecule has 2 unspecified atom stereocenters. The lowest BCUT2D eigenvalue weighted by molar-refractivity contribution is -0.147. The highest BCUT2D eigenvalue weighted by molar-refractivity contribution is 5.79. The minimum atomic E-state index is -0.724. The van der Waals surface area contributed by atoms with E-state index >= 15 is 0 Å². The molecule has 122 valence electrons. The van der Waals surface area contributed by atoms with Crippen molar-refractivity contribution in [2.45, 2.75) is 69.5 Å². The van der Waals surface area contributed by atoms with E-state index in [9.17, 15) is 9.90 Å². The maximum Gasteiger partial charge on any atom is 0.323 e. The minimum absolute atomic E-state index is 0.363. The molecule has 2 aliphatic rings. The molecule has 0 amide bonds. The summed E-state index contributed by atoms with van der Waals surface area (Å²) in [5.74, 6) is -0.680. The maximum atomic E-state index is 11.8. The zero-order valence-corrected chi connectivity index (χ0v) is 13.4. The molecule has 2 atom stereocenters. The molecule has 2 N–H and O–H groups in total. The quantitative estimate of drug-likeness (QED) is 0.784. The monoisotopic (exact) mass is 298 g/mol. The van der Waals surface area contributed by atoms with E-state index in [4.69, 9.17) is 4.74 Å². The third-order valence-corrected chi connectivity index (χ3v) is 5.19. The van der Waals surface area contributed by atoms with E-state index in [0.717, 1.165) is 64.7 Å². The highest BCUT2D eigenvalue weighted by Crippen LogP contribution is 2.33. The van der Waals surface area contributed by atoms with Gasteiger partial charge in [-0.25, -0.2) is 0 Å². The first kappa shape index (κ1) is 16.7. The van der Waals surface area contributed by atoms with Crippen LogP contribution in [0.25, 0.3) is 0 Å². The number of carboxylic acid groups (broad SMARTS) is 1. The van der Waals surface area contributed by atoms with Crippen molar-refractivity contribution in [3.63, 3.8) is 0 Å². The molecule has 5 heteroatoms. The first-order valence-corrected chi connectivity index (χ1v) is 8.37. The van der Waals surface area contributed by atoms with Gasteiger partial charge in [-0.05, 0) is 58.5 Å². The molecule has 1 saturated carbocycles. The van der Waals surface area contributed by atoms with Gasteiger partial charge in [-0.1, -0.05) is 6.92 Å². The molecule has 0 spiro atoms. The number of nitrogens with one attached hydrogen (secondary N) is 1. The molecule has 21 heavy (non-hydrogen) atoms. The van der Waals surface area contributed by atoms with Crippen molar-refractivity contribution in [1.29, 1.82) is 0 Å². The second kappa shape index (κ2) is 7.56. The van der Waals surface area contributed by atoms with Crippen LogP contribution in [-0.2, 0) is 9.53 Å². The van der Waals surface area contributed by atoms with Crippen molar-refractivity contribution in [1.82, 2.24) is 10.2 Å². The molecule has 0 aromatic rings. The SMILES string of the molecule is CCCNC1(C(=O)O)CCCC(N(C)C2CCOCC2)C1. The molecule has 5 nitrogen and oxygen atoms in total. The number of carbonyl (C=O) groups is 1. The zero-order valence-electron chi connectivity index (χ0n) is 13.4. The fraction of sp³-hybridized carbons (Fsp3) is 0.938. The zero-order chi connectivity index (χ0) is 15.3. The van der Waals surface area contributed by atoms with Crippen LogP contribution in [0.2, 0.25) is 0 Å². The smallest absolute Gasteiger partial charge is 0.323 e. The number of rotatable bonds is 6. The van der Waals surface area contributed by atoms with Gasteiger partial charge in [-0.3, -0.25) is 4.79 Å². The van der Waals surface area contributed by atoms with Crippen LogP contribution in [0.5, 0.6) is 0 Å². The van der Waals surface area contributed by atoms with Gasteiger partial charge >= 0.3 is 5.97 Å². The van der Waals surface area contributed by atoms with Gasteiger partial charge in [-0.15, -0.1) is 0 Å². The summed E-state index contributed by atoms with van der Waals surface area (Å²) < 4.78 is 5.44. The van der Waals surface area contributed by atoms with E-state index in [0.29, 0.717) is 12.1 Å². The Kier molecular flexibility index (Phi) is 6.02. The number of nitrogens with zero attached hydrogens (tertiary/aromatic N) is 1. The topological polar surface area (TPSA) is 61.8 Å². The first-order valence-electron chi connectivity index (χ1n) is 8.37.